The van der Waals surface area contributed by atoms with Crippen LogP contribution in [0.4, 0.5) is 0 Å². The second kappa shape index (κ2) is 11.9. The van der Waals surface area contributed by atoms with Crippen molar-refractivity contribution in [1.29, 1.82) is 0 Å². The Hall–Kier alpha value is -3.21. The highest BCUT2D eigenvalue weighted by molar-refractivity contribution is 7.89. The Balaban J connectivity index is 1.49. The number of hydrogen-bond acceptors (Lipinski definition) is 6. The summed E-state index contributed by atoms with van der Waals surface area (Å²) in [4.78, 5) is 18.9. The molecule has 0 spiro atoms. The van der Waals surface area contributed by atoms with Gasteiger partial charge in [-0.05, 0) is 49.6 Å². The van der Waals surface area contributed by atoms with Crippen LogP contribution in [0.5, 0.6) is 5.75 Å². The molecule has 1 amide bonds. The van der Waals surface area contributed by atoms with Gasteiger partial charge in [0.2, 0.25) is 15.9 Å². The van der Waals surface area contributed by atoms with E-state index < -0.39 is 10.0 Å². The van der Waals surface area contributed by atoms with Gasteiger partial charge in [0.25, 0.3) is 0 Å². The first-order valence-corrected chi connectivity index (χ1v) is 13.4. The lowest BCUT2D eigenvalue weighted by Crippen LogP contribution is -2.33. The second-order valence-corrected chi connectivity index (χ2v) is 11.2. The fourth-order valence-electron chi connectivity index (χ4n) is 4.02. The molecule has 2 aromatic carbocycles. The zero-order chi connectivity index (χ0) is 27.3. The third-order valence-electron chi connectivity index (χ3n) is 6.32. The predicted molar refractivity (Wildman–Crippen MR) is 143 cm³/mol. The Morgan fingerprint density at radius 3 is 2.22 bits per heavy atom. The monoisotopic (exact) mass is 528 g/mol. The lowest BCUT2D eigenvalue weighted by molar-refractivity contribution is -0.135. The minimum atomic E-state index is -3.71. The summed E-state index contributed by atoms with van der Waals surface area (Å²) >= 11 is 0. The van der Waals surface area contributed by atoms with Crippen LogP contribution in [0.2, 0.25) is 0 Å². The first-order valence-electron chi connectivity index (χ1n) is 12.0. The number of hydrogen-bond donors (Lipinski definition) is 0. The van der Waals surface area contributed by atoms with Crippen LogP contribution in [-0.4, -0.2) is 74.0 Å². The van der Waals surface area contributed by atoms with Gasteiger partial charge in [-0.15, -0.1) is 0 Å². The molecular formula is C27H36N4O5S. The van der Waals surface area contributed by atoms with Crippen molar-refractivity contribution in [2.45, 2.75) is 32.2 Å². The van der Waals surface area contributed by atoms with Crippen molar-refractivity contribution in [2.75, 3.05) is 41.0 Å². The summed E-state index contributed by atoms with van der Waals surface area (Å²) < 4.78 is 40.1. The third kappa shape index (κ3) is 6.76. The largest absolute Gasteiger partial charge is 0.497 e. The smallest absolute Gasteiger partial charge is 0.248 e. The number of benzene rings is 2. The number of likely N-dealkylation sites (N-methyl/N-ethyl adjacent to an activating group) is 2. The van der Waals surface area contributed by atoms with Gasteiger partial charge < -0.3 is 18.9 Å². The quantitative estimate of drug-likeness (QED) is 0.355. The zero-order valence-electron chi connectivity index (χ0n) is 22.6. The number of aryl methyl sites for hydroxylation is 4. The molecule has 3 aromatic rings. The summed E-state index contributed by atoms with van der Waals surface area (Å²) in [5, 5.41) is 0. The number of nitrogens with zero attached hydrogens (tertiary/aromatic N) is 4. The topological polar surface area (TPSA) is 94.0 Å². The van der Waals surface area contributed by atoms with E-state index in [4.69, 9.17) is 9.47 Å². The van der Waals surface area contributed by atoms with E-state index in [0.717, 1.165) is 22.6 Å². The van der Waals surface area contributed by atoms with E-state index in [1.165, 1.54) is 11.4 Å². The highest BCUT2D eigenvalue weighted by atomic mass is 32.2. The van der Waals surface area contributed by atoms with Gasteiger partial charge in [-0.2, -0.15) is 4.31 Å². The van der Waals surface area contributed by atoms with Gasteiger partial charge in [0.15, 0.2) is 0 Å². The van der Waals surface area contributed by atoms with Crippen LogP contribution in [0.25, 0.3) is 11.3 Å². The zero-order valence-corrected chi connectivity index (χ0v) is 23.4. The molecule has 0 fully saturated rings. The molecule has 0 saturated heterocycles. The minimum absolute atomic E-state index is 0.0990. The number of rotatable bonds is 11. The number of imidazole rings is 1. The van der Waals surface area contributed by atoms with Gasteiger partial charge in [0, 0.05) is 46.0 Å². The Kier molecular flexibility index (Phi) is 9.12. The maximum Gasteiger partial charge on any atom is 0.248 e. The van der Waals surface area contributed by atoms with Crippen molar-refractivity contribution in [2.24, 2.45) is 7.05 Å². The van der Waals surface area contributed by atoms with Crippen molar-refractivity contribution < 1.29 is 22.7 Å². The Morgan fingerprint density at radius 2 is 1.68 bits per heavy atom. The van der Waals surface area contributed by atoms with Crippen molar-refractivity contribution >= 4 is 15.9 Å². The van der Waals surface area contributed by atoms with Gasteiger partial charge >= 0.3 is 0 Å². The minimum Gasteiger partial charge on any atom is -0.497 e. The molecule has 0 aliphatic heterocycles. The number of carbonyl (C=O) groups is 1. The van der Waals surface area contributed by atoms with Crippen LogP contribution in [0, 0.1) is 20.8 Å². The summed E-state index contributed by atoms with van der Waals surface area (Å²) in [5.74, 6) is 1.37. The summed E-state index contributed by atoms with van der Waals surface area (Å²) in [7, 11) is 3.02. The molecule has 10 heteroatoms. The van der Waals surface area contributed by atoms with E-state index in [-0.39, 0.29) is 30.6 Å². The van der Waals surface area contributed by atoms with Crippen LogP contribution >= 0.6 is 0 Å². The fraction of sp³-hybridized carbons (Fsp3) is 0.407. The number of aromatic nitrogens is 2. The van der Waals surface area contributed by atoms with Crippen LogP contribution in [0.1, 0.15) is 22.5 Å². The van der Waals surface area contributed by atoms with Crippen LogP contribution < -0.4 is 4.74 Å². The molecule has 1 heterocycles. The van der Waals surface area contributed by atoms with Crippen molar-refractivity contribution in [3.05, 3.63) is 65.1 Å². The summed E-state index contributed by atoms with van der Waals surface area (Å²) in [6.07, 6.45) is 1.99. The van der Waals surface area contributed by atoms with E-state index in [9.17, 15) is 13.2 Å². The highest BCUT2D eigenvalue weighted by Crippen LogP contribution is 2.27. The molecule has 37 heavy (non-hydrogen) atoms. The lowest BCUT2D eigenvalue weighted by atomic mass is 10.1. The van der Waals surface area contributed by atoms with Crippen molar-refractivity contribution in [3.63, 3.8) is 0 Å². The SMILES string of the molecule is COc1cc(C)c(S(=O)(=O)N(C)CCOCC(=O)N(C)Cc2ccc(-c3cn(C)c(C)n3)cc2)c(C)c1. The van der Waals surface area contributed by atoms with E-state index in [1.807, 2.05) is 49.0 Å². The maximum atomic E-state index is 13.1. The Labute approximate surface area is 219 Å². The van der Waals surface area contributed by atoms with Gasteiger partial charge in [-0.1, -0.05) is 24.3 Å². The molecule has 0 aliphatic carbocycles. The first kappa shape index (κ1) is 28.4. The Bertz CT molecular complexity index is 1310. The molecule has 1 aromatic heterocycles. The number of sulfonamides is 1. The van der Waals surface area contributed by atoms with E-state index in [1.54, 1.807) is 45.0 Å². The summed E-state index contributed by atoms with van der Waals surface area (Å²) in [5.41, 5.74) is 4.15. The van der Waals surface area contributed by atoms with Gasteiger partial charge in [0.05, 0.1) is 24.3 Å². The molecule has 9 nitrogen and oxygen atoms in total. The van der Waals surface area contributed by atoms with Gasteiger partial charge in [-0.3, -0.25) is 4.79 Å². The summed E-state index contributed by atoms with van der Waals surface area (Å²) in [6.45, 7) is 5.98. The maximum absolute atomic E-state index is 13.1. The highest BCUT2D eigenvalue weighted by Gasteiger charge is 2.25. The van der Waals surface area contributed by atoms with Gasteiger partial charge in [0.1, 0.15) is 18.2 Å². The first-order chi connectivity index (χ1) is 17.4. The van der Waals surface area contributed by atoms with E-state index in [0.29, 0.717) is 23.4 Å². The van der Waals surface area contributed by atoms with Crippen LogP contribution in [-0.2, 0) is 33.1 Å². The summed E-state index contributed by atoms with van der Waals surface area (Å²) in [6, 6.07) is 11.3. The average Bonchev–Trinajstić information content (AvgIpc) is 3.19. The molecule has 0 N–H and O–H groups in total. The molecule has 0 saturated carbocycles. The molecule has 0 atom stereocenters. The number of ether oxygens (including phenoxy) is 2. The van der Waals surface area contributed by atoms with E-state index in [2.05, 4.69) is 4.98 Å². The fourth-order valence-corrected chi connectivity index (χ4v) is 5.57. The standard InChI is InChI=1S/C27H36N4O5S/c1-19-14-24(35-7)15-20(2)27(19)37(33,34)31(6)12-13-36-18-26(32)30(5)16-22-8-10-23(11-9-22)25-17-29(4)21(3)28-25/h8-11,14-15,17H,12-13,16,18H2,1-7H3. The molecule has 0 aliphatic rings. The molecule has 200 valence electrons. The van der Waals surface area contributed by atoms with Crippen molar-refractivity contribution in [3.8, 4) is 17.0 Å². The normalized spacial score (nSPS) is 11.7. The second-order valence-electron chi connectivity index (χ2n) is 9.20. The lowest BCUT2D eigenvalue weighted by Gasteiger charge is -2.21. The molecule has 0 unspecified atom stereocenters. The third-order valence-corrected chi connectivity index (χ3v) is 8.48. The number of methoxy groups -OCH3 is 1. The van der Waals surface area contributed by atoms with E-state index >= 15 is 0 Å². The Morgan fingerprint density at radius 1 is 1.05 bits per heavy atom. The molecule has 3 rings (SSSR count). The molecule has 0 bridgehead atoms. The average molecular weight is 529 g/mol. The number of carbonyl (C=O) groups excluding carboxylic acids is 1. The van der Waals surface area contributed by atoms with Crippen molar-refractivity contribution in [1.82, 2.24) is 18.8 Å². The molecule has 0 radical (unpaired) electrons. The van der Waals surface area contributed by atoms with Crippen LogP contribution in [0.3, 0.4) is 0 Å². The predicted octanol–water partition coefficient (Wildman–Crippen LogP) is 3.32. The van der Waals surface area contributed by atoms with Gasteiger partial charge in [-0.25, -0.2) is 13.4 Å². The molecular weight excluding hydrogens is 492 g/mol. The number of amides is 1. The van der Waals surface area contributed by atoms with Crippen LogP contribution in [0.15, 0.2) is 47.5 Å².